The van der Waals surface area contributed by atoms with Crippen LogP contribution < -0.4 is 5.32 Å². The van der Waals surface area contributed by atoms with Gasteiger partial charge in [0, 0.05) is 22.8 Å². The van der Waals surface area contributed by atoms with E-state index >= 15 is 0 Å². The average molecular weight is 273 g/mol. The third kappa shape index (κ3) is 3.03. The van der Waals surface area contributed by atoms with Crippen molar-refractivity contribution in [2.24, 2.45) is 5.92 Å². The molecule has 2 fully saturated rings. The van der Waals surface area contributed by atoms with Crippen molar-refractivity contribution in [1.82, 2.24) is 15.3 Å². The lowest BCUT2D eigenvalue weighted by molar-refractivity contribution is 0.504. The maximum atomic E-state index is 4.80. The first kappa shape index (κ1) is 14.0. The van der Waals surface area contributed by atoms with Gasteiger partial charge in [0.25, 0.3) is 0 Å². The second-order valence-corrected chi connectivity index (χ2v) is 7.25. The molecular formula is C17H27N3. The molecule has 0 bridgehead atoms. The van der Waals surface area contributed by atoms with E-state index in [0.717, 1.165) is 24.8 Å². The van der Waals surface area contributed by atoms with Crippen LogP contribution in [0.2, 0.25) is 0 Å². The molecule has 1 heterocycles. The van der Waals surface area contributed by atoms with E-state index in [1.807, 2.05) is 0 Å². The molecular weight excluding hydrogens is 246 g/mol. The van der Waals surface area contributed by atoms with Crippen LogP contribution in [0.4, 0.5) is 0 Å². The minimum Gasteiger partial charge on any atom is -0.314 e. The van der Waals surface area contributed by atoms with Crippen molar-refractivity contribution < 1.29 is 0 Å². The summed E-state index contributed by atoms with van der Waals surface area (Å²) in [5, 5.41) is 3.62. The number of aryl methyl sites for hydroxylation is 2. The molecule has 3 nitrogen and oxygen atoms in total. The number of nitrogens with one attached hydrogen (secondary N) is 1. The van der Waals surface area contributed by atoms with E-state index in [2.05, 4.69) is 33.0 Å². The van der Waals surface area contributed by atoms with E-state index in [0.29, 0.717) is 5.92 Å². The molecule has 2 aliphatic carbocycles. The summed E-state index contributed by atoms with van der Waals surface area (Å²) in [5.41, 5.74) is 4.02. The zero-order valence-electron chi connectivity index (χ0n) is 13.3. The number of hydrogen-bond acceptors (Lipinski definition) is 3. The van der Waals surface area contributed by atoms with Gasteiger partial charge in [-0.15, -0.1) is 0 Å². The van der Waals surface area contributed by atoms with E-state index in [-0.39, 0.29) is 5.41 Å². The van der Waals surface area contributed by atoms with E-state index in [9.17, 15) is 0 Å². The van der Waals surface area contributed by atoms with Gasteiger partial charge >= 0.3 is 0 Å². The molecule has 0 aliphatic heterocycles. The number of nitrogens with zero attached hydrogens (tertiary/aromatic N) is 2. The van der Waals surface area contributed by atoms with Crippen molar-refractivity contribution in [2.45, 2.75) is 71.3 Å². The Morgan fingerprint density at radius 3 is 2.30 bits per heavy atom. The molecule has 20 heavy (non-hydrogen) atoms. The summed E-state index contributed by atoms with van der Waals surface area (Å²) in [6.07, 6.45) is 6.30. The largest absolute Gasteiger partial charge is 0.314 e. The van der Waals surface area contributed by atoms with E-state index < -0.39 is 0 Å². The Morgan fingerprint density at radius 2 is 1.80 bits per heavy atom. The fourth-order valence-electron chi connectivity index (χ4n) is 2.79. The van der Waals surface area contributed by atoms with Crippen molar-refractivity contribution in [3.63, 3.8) is 0 Å². The normalized spacial score (nSPS) is 21.8. The van der Waals surface area contributed by atoms with Gasteiger partial charge in [-0.1, -0.05) is 13.8 Å². The third-order valence-electron chi connectivity index (χ3n) is 4.85. The lowest BCUT2D eigenvalue weighted by atomic mass is 9.98. The molecule has 0 aromatic carbocycles. The van der Waals surface area contributed by atoms with Crippen LogP contribution in [0.25, 0.3) is 0 Å². The van der Waals surface area contributed by atoms with Crippen LogP contribution in [0.1, 0.15) is 62.3 Å². The van der Waals surface area contributed by atoms with Gasteiger partial charge in [-0.3, -0.25) is 0 Å². The highest BCUT2D eigenvalue weighted by Crippen LogP contribution is 2.46. The van der Waals surface area contributed by atoms with Gasteiger partial charge in [0.1, 0.15) is 5.82 Å². The van der Waals surface area contributed by atoms with Gasteiger partial charge in [-0.25, -0.2) is 9.97 Å². The molecule has 0 radical (unpaired) electrons. The highest BCUT2D eigenvalue weighted by Gasteiger charge is 2.42. The van der Waals surface area contributed by atoms with E-state index in [1.54, 1.807) is 0 Å². The second kappa shape index (κ2) is 5.10. The minimum absolute atomic E-state index is 0.271. The standard InChI is InChI=1S/C17H27N3/c1-11(10-18-14-5-6-14)9-15-12(2)19-16(20-13(15)3)17(4)7-8-17/h11,14,18H,5-10H2,1-4H3. The lowest BCUT2D eigenvalue weighted by Crippen LogP contribution is -2.25. The summed E-state index contributed by atoms with van der Waals surface area (Å²) < 4.78 is 0. The summed E-state index contributed by atoms with van der Waals surface area (Å²) in [4.78, 5) is 9.59. The number of aromatic nitrogens is 2. The lowest BCUT2D eigenvalue weighted by Gasteiger charge is -2.17. The molecule has 1 unspecified atom stereocenters. The Bertz CT molecular complexity index is 478. The highest BCUT2D eigenvalue weighted by molar-refractivity contribution is 5.28. The van der Waals surface area contributed by atoms with Crippen molar-refractivity contribution in [3.8, 4) is 0 Å². The highest BCUT2D eigenvalue weighted by atomic mass is 15.0. The van der Waals surface area contributed by atoms with Crippen LogP contribution >= 0.6 is 0 Å². The molecule has 0 spiro atoms. The van der Waals surface area contributed by atoms with Gasteiger partial charge in [0.15, 0.2) is 0 Å². The fourth-order valence-corrected chi connectivity index (χ4v) is 2.79. The van der Waals surface area contributed by atoms with Gasteiger partial charge in [0.2, 0.25) is 0 Å². The van der Waals surface area contributed by atoms with Gasteiger partial charge < -0.3 is 5.32 Å². The molecule has 0 amide bonds. The third-order valence-corrected chi connectivity index (χ3v) is 4.85. The Balaban J connectivity index is 1.68. The van der Waals surface area contributed by atoms with E-state index in [1.165, 1.54) is 42.6 Å². The van der Waals surface area contributed by atoms with Crippen LogP contribution in [0, 0.1) is 19.8 Å². The van der Waals surface area contributed by atoms with Gasteiger partial charge in [0.05, 0.1) is 0 Å². The summed E-state index contributed by atoms with van der Waals surface area (Å²) in [6, 6.07) is 0.799. The maximum absolute atomic E-state index is 4.80. The van der Waals surface area contributed by atoms with Crippen molar-refractivity contribution in [2.75, 3.05) is 6.54 Å². The topological polar surface area (TPSA) is 37.8 Å². The molecule has 3 heteroatoms. The zero-order valence-corrected chi connectivity index (χ0v) is 13.3. The van der Waals surface area contributed by atoms with Crippen molar-refractivity contribution in [3.05, 3.63) is 22.8 Å². The molecule has 3 rings (SSSR count). The predicted molar refractivity (Wildman–Crippen MR) is 82.0 cm³/mol. The summed E-state index contributed by atoms with van der Waals surface area (Å²) in [7, 11) is 0. The Labute approximate surface area is 122 Å². The Morgan fingerprint density at radius 1 is 1.20 bits per heavy atom. The van der Waals surface area contributed by atoms with Crippen LogP contribution in [-0.2, 0) is 11.8 Å². The smallest absolute Gasteiger partial charge is 0.134 e. The Kier molecular flexibility index (Phi) is 3.57. The molecule has 1 aromatic heterocycles. The quantitative estimate of drug-likeness (QED) is 0.865. The fraction of sp³-hybridized carbons (Fsp3) is 0.765. The van der Waals surface area contributed by atoms with Crippen molar-refractivity contribution >= 4 is 0 Å². The molecule has 2 saturated carbocycles. The summed E-state index contributed by atoms with van der Waals surface area (Å²) >= 11 is 0. The van der Waals surface area contributed by atoms with E-state index in [4.69, 9.17) is 9.97 Å². The van der Waals surface area contributed by atoms with Gasteiger partial charge in [-0.2, -0.15) is 0 Å². The van der Waals surface area contributed by atoms with Crippen LogP contribution in [0.3, 0.4) is 0 Å². The molecule has 1 atom stereocenters. The monoisotopic (exact) mass is 273 g/mol. The van der Waals surface area contributed by atoms with Crippen LogP contribution in [0.5, 0.6) is 0 Å². The number of hydrogen-bond donors (Lipinski definition) is 1. The maximum Gasteiger partial charge on any atom is 0.134 e. The first-order chi connectivity index (χ1) is 9.48. The first-order valence-corrected chi connectivity index (χ1v) is 8.06. The zero-order chi connectivity index (χ0) is 14.3. The SMILES string of the molecule is Cc1nc(C2(C)CC2)nc(C)c1CC(C)CNC1CC1. The summed E-state index contributed by atoms with van der Waals surface area (Å²) in [6.45, 7) is 10.0. The number of rotatable bonds is 6. The summed E-state index contributed by atoms with van der Waals surface area (Å²) in [5.74, 6) is 1.72. The van der Waals surface area contributed by atoms with Crippen LogP contribution in [0.15, 0.2) is 0 Å². The molecule has 0 saturated heterocycles. The minimum atomic E-state index is 0.271. The second-order valence-electron chi connectivity index (χ2n) is 7.25. The molecule has 1 aromatic rings. The van der Waals surface area contributed by atoms with Gasteiger partial charge in [-0.05, 0) is 64.0 Å². The Hall–Kier alpha value is -0.960. The molecule has 2 aliphatic rings. The predicted octanol–water partition coefficient (Wildman–Crippen LogP) is 3.08. The molecule has 110 valence electrons. The molecule has 1 N–H and O–H groups in total. The average Bonchev–Trinajstić information content (AvgIpc) is 3.28. The first-order valence-electron chi connectivity index (χ1n) is 8.06. The van der Waals surface area contributed by atoms with Crippen molar-refractivity contribution in [1.29, 1.82) is 0 Å². The van der Waals surface area contributed by atoms with Crippen LogP contribution in [-0.4, -0.2) is 22.6 Å².